The molecular formula is C20H23NO4. The number of hydrogen-bond donors (Lipinski definition) is 1. The molecule has 0 radical (unpaired) electrons. The van der Waals surface area contributed by atoms with Gasteiger partial charge in [-0.2, -0.15) is 0 Å². The Labute approximate surface area is 148 Å². The fourth-order valence-corrected chi connectivity index (χ4v) is 1.99. The van der Waals surface area contributed by atoms with Crippen LogP contribution in [-0.2, 0) is 4.74 Å². The molecule has 0 aliphatic heterocycles. The van der Waals surface area contributed by atoms with Crippen molar-refractivity contribution in [1.82, 2.24) is 0 Å². The van der Waals surface area contributed by atoms with Gasteiger partial charge in [-0.1, -0.05) is 6.58 Å². The minimum Gasteiger partial charge on any atom is -0.491 e. The number of amides is 1. The highest BCUT2D eigenvalue weighted by molar-refractivity contribution is 6.04. The Morgan fingerprint density at radius 3 is 2.16 bits per heavy atom. The van der Waals surface area contributed by atoms with Crippen LogP contribution < -0.4 is 14.8 Å². The zero-order chi connectivity index (χ0) is 18.1. The quantitative estimate of drug-likeness (QED) is 0.555. The first-order valence-corrected chi connectivity index (χ1v) is 7.99. The Morgan fingerprint density at radius 2 is 1.56 bits per heavy atom. The van der Waals surface area contributed by atoms with E-state index in [0.717, 1.165) is 11.3 Å². The van der Waals surface area contributed by atoms with Crippen molar-refractivity contribution in [2.45, 2.75) is 6.92 Å². The fourth-order valence-electron chi connectivity index (χ4n) is 1.99. The second-order valence-electron chi connectivity index (χ2n) is 5.59. The number of ether oxygens (including phenoxy) is 3. The van der Waals surface area contributed by atoms with Crippen LogP contribution >= 0.6 is 0 Å². The molecule has 0 atom stereocenters. The molecule has 0 aromatic heterocycles. The van der Waals surface area contributed by atoms with Crippen LogP contribution in [0.4, 0.5) is 5.69 Å². The number of methoxy groups -OCH3 is 1. The summed E-state index contributed by atoms with van der Waals surface area (Å²) < 4.78 is 15.9. The van der Waals surface area contributed by atoms with Crippen LogP contribution in [0.1, 0.15) is 17.3 Å². The van der Waals surface area contributed by atoms with Crippen molar-refractivity contribution in [1.29, 1.82) is 0 Å². The van der Waals surface area contributed by atoms with E-state index >= 15 is 0 Å². The van der Waals surface area contributed by atoms with E-state index in [1.165, 1.54) is 0 Å². The van der Waals surface area contributed by atoms with E-state index in [0.29, 0.717) is 36.8 Å². The van der Waals surface area contributed by atoms with E-state index < -0.39 is 0 Å². The molecule has 132 valence electrons. The van der Waals surface area contributed by atoms with E-state index in [9.17, 15) is 4.79 Å². The molecule has 0 aliphatic rings. The third kappa shape index (κ3) is 6.31. The lowest BCUT2D eigenvalue weighted by molar-refractivity contribution is 0.102. The molecule has 0 bridgehead atoms. The first kappa shape index (κ1) is 18.5. The molecule has 5 nitrogen and oxygen atoms in total. The first-order valence-electron chi connectivity index (χ1n) is 7.99. The third-order valence-corrected chi connectivity index (χ3v) is 3.27. The summed E-state index contributed by atoms with van der Waals surface area (Å²) in [6.07, 6.45) is 0. The summed E-state index contributed by atoms with van der Waals surface area (Å²) in [4.78, 5) is 12.3. The summed E-state index contributed by atoms with van der Waals surface area (Å²) in [6.45, 7) is 7.17. The molecule has 0 aliphatic carbocycles. The van der Waals surface area contributed by atoms with Crippen molar-refractivity contribution in [3.8, 4) is 11.5 Å². The predicted molar refractivity (Wildman–Crippen MR) is 98.5 cm³/mol. The Bertz CT molecular complexity index is 693. The van der Waals surface area contributed by atoms with Crippen molar-refractivity contribution in [2.75, 3.05) is 32.2 Å². The lowest BCUT2D eigenvalue weighted by atomic mass is 10.2. The minimum atomic E-state index is -0.181. The van der Waals surface area contributed by atoms with Crippen molar-refractivity contribution in [2.24, 2.45) is 0 Å². The normalized spacial score (nSPS) is 10.2. The van der Waals surface area contributed by atoms with Gasteiger partial charge >= 0.3 is 0 Å². The number of carbonyl (C=O) groups excluding carboxylic acids is 1. The van der Waals surface area contributed by atoms with Gasteiger partial charge in [0.15, 0.2) is 0 Å². The predicted octanol–water partition coefficient (Wildman–Crippen LogP) is 3.92. The Hall–Kier alpha value is -2.79. The number of nitrogens with one attached hydrogen (secondary N) is 1. The number of benzene rings is 2. The zero-order valence-corrected chi connectivity index (χ0v) is 14.6. The van der Waals surface area contributed by atoms with Crippen LogP contribution in [-0.4, -0.2) is 32.8 Å². The highest BCUT2D eigenvalue weighted by Gasteiger charge is 2.06. The minimum absolute atomic E-state index is 0.181. The summed E-state index contributed by atoms with van der Waals surface area (Å²) >= 11 is 0. The average molecular weight is 341 g/mol. The highest BCUT2D eigenvalue weighted by atomic mass is 16.5. The Morgan fingerprint density at radius 1 is 0.960 bits per heavy atom. The maximum absolute atomic E-state index is 12.3. The van der Waals surface area contributed by atoms with E-state index in [1.54, 1.807) is 43.5 Å². The second kappa shape index (κ2) is 9.49. The van der Waals surface area contributed by atoms with Gasteiger partial charge in [0, 0.05) is 18.4 Å². The molecule has 2 aromatic rings. The molecule has 2 rings (SSSR count). The molecule has 5 heteroatoms. The number of rotatable bonds is 9. The molecule has 25 heavy (non-hydrogen) atoms. The van der Waals surface area contributed by atoms with E-state index in [4.69, 9.17) is 14.2 Å². The van der Waals surface area contributed by atoms with Crippen LogP contribution in [0.15, 0.2) is 60.7 Å². The molecule has 0 saturated heterocycles. The van der Waals surface area contributed by atoms with E-state index in [2.05, 4.69) is 11.9 Å². The maximum atomic E-state index is 12.3. The van der Waals surface area contributed by atoms with Gasteiger partial charge in [-0.05, 0) is 61.0 Å². The first-order chi connectivity index (χ1) is 12.1. The van der Waals surface area contributed by atoms with Crippen molar-refractivity contribution in [3.63, 3.8) is 0 Å². The highest BCUT2D eigenvalue weighted by Crippen LogP contribution is 2.18. The van der Waals surface area contributed by atoms with Gasteiger partial charge in [0.2, 0.25) is 0 Å². The van der Waals surface area contributed by atoms with Gasteiger partial charge in [-0.25, -0.2) is 0 Å². The van der Waals surface area contributed by atoms with Crippen LogP contribution in [0.3, 0.4) is 0 Å². The van der Waals surface area contributed by atoms with Crippen molar-refractivity contribution in [3.05, 3.63) is 66.2 Å². The molecule has 0 fully saturated rings. The molecule has 2 aromatic carbocycles. The molecule has 0 unspecified atom stereocenters. The van der Waals surface area contributed by atoms with E-state index in [-0.39, 0.29) is 5.91 Å². The lowest BCUT2D eigenvalue weighted by Gasteiger charge is -2.09. The zero-order valence-electron chi connectivity index (χ0n) is 14.6. The number of carbonyl (C=O) groups is 1. The molecule has 0 saturated carbocycles. The summed E-state index contributed by atoms with van der Waals surface area (Å²) in [5, 5.41) is 2.85. The van der Waals surface area contributed by atoms with Crippen LogP contribution in [0.25, 0.3) is 0 Å². The lowest BCUT2D eigenvalue weighted by Crippen LogP contribution is -2.12. The van der Waals surface area contributed by atoms with E-state index in [1.807, 2.05) is 19.1 Å². The van der Waals surface area contributed by atoms with Gasteiger partial charge in [-0.15, -0.1) is 0 Å². The van der Waals surface area contributed by atoms with Crippen molar-refractivity contribution >= 4 is 11.6 Å². The topological polar surface area (TPSA) is 56.8 Å². The Kier molecular flexibility index (Phi) is 7.04. The molecule has 0 heterocycles. The smallest absolute Gasteiger partial charge is 0.255 e. The van der Waals surface area contributed by atoms with Gasteiger partial charge in [0.1, 0.15) is 24.7 Å². The largest absolute Gasteiger partial charge is 0.491 e. The Balaban J connectivity index is 1.89. The molecule has 0 spiro atoms. The van der Waals surface area contributed by atoms with Gasteiger partial charge in [-0.3, -0.25) is 4.79 Å². The van der Waals surface area contributed by atoms with Crippen LogP contribution in [0.5, 0.6) is 11.5 Å². The van der Waals surface area contributed by atoms with Gasteiger partial charge in [0.25, 0.3) is 5.91 Å². The van der Waals surface area contributed by atoms with Gasteiger partial charge in [0.05, 0.1) is 6.61 Å². The molecule has 1 N–H and O–H groups in total. The SMILES string of the molecule is C=C(C)COc1ccc(NC(=O)c2ccc(OCCOC)cc2)cc1. The fraction of sp³-hybridized carbons (Fsp3) is 0.250. The third-order valence-electron chi connectivity index (χ3n) is 3.27. The monoisotopic (exact) mass is 341 g/mol. The average Bonchev–Trinajstić information content (AvgIpc) is 2.62. The molecular weight excluding hydrogens is 318 g/mol. The standard InChI is InChI=1S/C20H23NO4/c1-15(2)14-25-19-10-6-17(7-11-19)21-20(22)16-4-8-18(9-5-16)24-13-12-23-3/h4-11H,1,12-14H2,2-3H3,(H,21,22). The maximum Gasteiger partial charge on any atom is 0.255 e. The van der Waals surface area contributed by atoms with Crippen molar-refractivity contribution < 1.29 is 19.0 Å². The second-order valence-corrected chi connectivity index (χ2v) is 5.59. The van der Waals surface area contributed by atoms with Crippen LogP contribution in [0, 0.1) is 0 Å². The number of hydrogen-bond acceptors (Lipinski definition) is 4. The number of anilines is 1. The van der Waals surface area contributed by atoms with Gasteiger partial charge < -0.3 is 19.5 Å². The summed E-state index contributed by atoms with van der Waals surface area (Å²) in [7, 11) is 1.62. The summed E-state index contributed by atoms with van der Waals surface area (Å²) in [5.41, 5.74) is 2.21. The molecule has 1 amide bonds. The summed E-state index contributed by atoms with van der Waals surface area (Å²) in [5.74, 6) is 1.25. The summed E-state index contributed by atoms with van der Waals surface area (Å²) in [6, 6.07) is 14.2. The van der Waals surface area contributed by atoms with Crippen LogP contribution in [0.2, 0.25) is 0 Å².